The first-order valence-corrected chi connectivity index (χ1v) is 7.82. The Morgan fingerprint density at radius 2 is 1.92 bits per heavy atom. The number of carbonyl (C=O) groups excluding carboxylic acids is 1. The monoisotopic (exact) mass is 346 g/mol. The molecule has 1 aromatic carbocycles. The predicted molar refractivity (Wildman–Crippen MR) is 87.5 cm³/mol. The van der Waals surface area contributed by atoms with Crippen LogP contribution in [-0.4, -0.2) is 41.6 Å². The lowest BCUT2D eigenvalue weighted by molar-refractivity contribution is -0.211. The van der Waals surface area contributed by atoms with E-state index < -0.39 is 23.5 Å². The molecule has 0 amide bonds. The number of carbonyl (C=O) groups is 1. The van der Waals surface area contributed by atoms with Gasteiger partial charge >= 0.3 is 11.7 Å². The van der Waals surface area contributed by atoms with E-state index in [2.05, 4.69) is 4.98 Å². The number of hydrogen-bond donors (Lipinski definition) is 1. The molecule has 1 fully saturated rings. The molecule has 0 spiro atoms. The lowest BCUT2D eigenvalue weighted by atomic mass is 10.2. The van der Waals surface area contributed by atoms with Crippen LogP contribution in [0.1, 0.15) is 22.0 Å². The van der Waals surface area contributed by atoms with Crippen LogP contribution in [0.4, 0.5) is 0 Å². The molecule has 8 heteroatoms. The van der Waals surface area contributed by atoms with Crippen LogP contribution >= 0.6 is 0 Å². The highest BCUT2D eigenvalue weighted by Gasteiger charge is 2.25. The average Bonchev–Trinajstić information content (AvgIpc) is 2.64. The van der Waals surface area contributed by atoms with Gasteiger partial charge in [-0.3, -0.25) is 14.3 Å². The molecule has 8 nitrogen and oxygen atoms in total. The summed E-state index contributed by atoms with van der Waals surface area (Å²) in [6.45, 7) is 1.99. The van der Waals surface area contributed by atoms with E-state index in [9.17, 15) is 14.4 Å². The van der Waals surface area contributed by atoms with E-state index in [4.69, 9.17) is 14.2 Å². The second kappa shape index (κ2) is 7.45. The number of hydrogen-bond acceptors (Lipinski definition) is 6. The molecular formula is C17H18N2O6. The summed E-state index contributed by atoms with van der Waals surface area (Å²) < 4.78 is 17.6. The quantitative estimate of drug-likeness (QED) is 0.815. The molecule has 0 radical (unpaired) electrons. The van der Waals surface area contributed by atoms with E-state index in [1.54, 1.807) is 31.2 Å². The van der Waals surface area contributed by atoms with Crippen LogP contribution in [0.2, 0.25) is 0 Å². The lowest BCUT2D eigenvalue weighted by Crippen LogP contribution is -2.42. The minimum atomic E-state index is -0.691. The summed E-state index contributed by atoms with van der Waals surface area (Å²) in [6, 6.07) is 8.27. The van der Waals surface area contributed by atoms with Crippen LogP contribution in [0.15, 0.2) is 46.1 Å². The van der Waals surface area contributed by atoms with Crippen LogP contribution in [0.5, 0.6) is 0 Å². The van der Waals surface area contributed by atoms with Crippen LogP contribution < -0.4 is 11.2 Å². The summed E-state index contributed by atoms with van der Waals surface area (Å²) in [5.41, 5.74) is -0.0451. The van der Waals surface area contributed by atoms with Crippen molar-refractivity contribution in [3.05, 3.63) is 68.5 Å². The second-order valence-electron chi connectivity index (χ2n) is 5.69. The van der Waals surface area contributed by atoms with E-state index in [0.717, 1.165) is 0 Å². The summed E-state index contributed by atoms with van der Waals surface area (Å²) in [6.07, 6.45) is 0.789. The highest BCUT2D eigenvalue weighted by molar-refractivity contribution is 5.89. The summed E-state index contributed by atoms with van der Waals surface area (Å²) >= 11 is 0. The van der Waals surface area contributed by atoms with Crippen molar-refractivity contribution in [1.82, 2.24) is 9.55 Å². The number of aryl methyl sites for hydroxylation is 1. The van der Waals surface area contributed by atoms with Gasteiger partial charge < -0.3 is 14.2 Å². The number of H-pyrrole nitrogens is 1. The zero-order valence-electron chi connectivity index (χ0n) is 13.6. The number of ether oxygens (including phenoxy) is 3. The Bertz CT molecular complexity index is 849. The fourth-order valence-corrected chi connectivity index (χ4v) is 2.45. The predicted octanol–water partition coefficient (Wildman–Crippen LogP) is 0.616. The summed E-state index contributed by atoms with van der Waals surface area (Å²) in [5, 5.41) is 0. The Labute approximate surface area is 143 Å². The van der Waals surface area contributed by atoms with Gasteiger partial charge in [-0.2, -0.15) is 0 Å². The van der Waals surface area contributed by atoms with Crippen molar-refractivity contribution < 1.29 is 19.0 Å². The zero-order valence-corrected chi connectivity index (χ0v) is 13.6. The Morgan fingerprint density at radius 3 is 2.60 bits per heavy atom. The van der Waals surface area contributed by atoms with E-state index in [1.165, 1.54) is 10.8 Å². The molecule has 1 aliphatic rings. The maximum atomic E-state index is 11.9. The molecule has 2 heterocycles. The van der Waals surface area contributed by atoms with Crippen LogP contribution in [0.3, 0.4) is 0 Å². The first-order valence-electron chi connectivity index (χ1n) is 7.82. The van der Waals surface area contributed by atoms with Gasteiger partial charge in [-0.05, 0) is 19.1 Å². The largest absolute Gasteiger partial charge is 0.457 e. The first-order chi connectivity index (χ1) is 12.0. The van der Waals surface area contributed by atoms with Crippen molar-refractivity contribution in [3.63, 3.8) is 0 Å². The van der Waals surface area contributed by atoms with Crippen LogP contribution in [-0.2, 0) is 14.2 Å². The van der Waals surface area contributed by atoms with E-state index in [-0.39, 0.29) is 25.9 Å². The van der Waals surface area contributed by atoms with Crippen molar-refractivity contribution in [3.8, 4) is 0 Å². The molecule has 0 unspecified atom stereocenters. The van der Waals surface area contributed by atoms with Gasteiger partial charge in [0, 0.05) is 11.8 Å². The number of benzene rings is 1. The van der Waals surface area contributed by atoms with Gasteiger partial charge in [0.05, 0.1) is 24.8 Å². The van der Waals surface area contributed by atoms with Crippen molar-refractivity contribution >= 4 is 5.97 Å². The molecule has 132 valence electrons. The number of nitrogens with one attached hydrogen (secondary N) is 1. The molecule has 1 N–H and O–H groups in total. The van der Waals surface area contributed by atoms with Crippen molar-refractivity contribution in [2.45, 2.75) is 19.3 Å². The molecule has 0 saturated carbocycles. The molecule has 1 aromatic heterocycles. The molecule has 3 rings (SSSR count). The minimum Gasteiger partial charge on any atom is -0.457 e. The SMILES string of the molecule is Cc1cn(C2COC(COC(=O)c3ccccc3)OC2)c(=O)[nH]c1=O. The lowest BCUT2D eigenvalue weighted by Gasteiger charge is -2.30. The summed E-state index contributed by atoms with van der Waals surface area (Å²) in [4.78, 5) is 37.4. The molecule has 1 aliphatic heterocycles. The number of nitrogens with zero attached hydrogens (tertiary/aromatic N) is 1. The first kappa shape index (κ1) is 17.1. The topological polar surface area (TPSA) is 99.6 Å². The maximum Gasteiger partial charge on any atom is 0.338 e. The third-order valence-corrected chi connectivity index (χ3v) is 3.85. The fourth-order valence-electron chi connectivity index (χ4n) is 2.45. The Balaban J connectivity index is 1.54. The van der Waals surface area contributed by atoms with Gasteiger partial charge in [-0.15, -0.1) is 0 Å². The van der Waals surface area contributed by atoms with E-state index in [0.29, 0.717) is 11.1 Å². The van der Waals surface area contributed by atoms with Crippen molar-refractivity contribution in [1.29, 1.82) is 0 Å². The molecular weight excluding hydrogens is 328 g/mol. The van der Waals surface area contributed by atoms with E-state index >= 15 is 0 Å². The van der Waals surface area contributed by atoms with Gasteiger partial charge in [-0.1, -0.05) is 18.2 Å². The fraction of sp³-hybridized carbons (Fsp3) is 0.353. The normalized spacial score (nSPS) is 20.2. The second-order valence-corrected chi connectivity index (χ2v) is 5.69. The Hall–Kier alpha value is -2.71. The van der Waals surface area contributed by atoms with Crippen molar-refractivity contribution in [2.75, 3.05) is 19.8 Å². The van der Waals surface area contributed by atoms with Gasteiger partial charge in [0.25, 0.3) is 5.56 Å². The van der Waals surface area contributed by atoms with E-state index in [1.807, 2.05) is 6.07 Å². The third-order valence-electron chi connectivity index (χ3n) is 3.85. The highest BCUT2D eigenvalue weighted by atomic mass is 16.7. The molecule has 0 bridgehead atoms. The smallest absolute Gasteiger partial charge is 0.338 e. The summed E-state index contributed by atoms with van der Waals surface area (Å²) in [7, 11) is 0. The Morgan fingerprint density at radius 1 is 1.24 bits per heavy atom. The number of esters is 1. The molecule has 0 atom stereocenters. The molecule has 0 aliphatic carbocycles. The van der Waals surface area contributed by atoms with Crippen molar-refractivity contribution in [2.24, 2.45) is 0 Å². The highest BCUT2D eigenvalue weighted by Crippen LogP contribution is 2.15. The standard InChI is InChI=1S/C17H18N2O6/c1-11-7-19(17(22)18-15(11)20)13-8-23-14(24-9-13)10-25-16(21)12-5-3-2-4-6-12/h2-7,13-14H,8-10H2,1H3,(H,18,20,22). The number of aromatic nitrogens is 2. The maximum absolute atomic E-state index is 11.9. The third kappa shape index (κ3) is 4.04. The molecule has 2 aromatic rings. The average molecular weight is 346 g/mol. The van der Waals surface area contributed by atoms with Gasteiger partial charge in [0.15, 0.2) is 6.29 Å². The van der Waals surface area contributed by atoms with Gasteiger partial charge in [-0.25, -0.2) is 9.59 Å². The van der Waals surface area contributed by atoms with Gasteiger partial charge in [0.1, 0.15) is 6.61 Å². The van der Waals surface area contributed by atoms with Crippen LogP contribution in [0.25, 0.3) is 0 Å². The summed E-state index contributed by atoms with van der Waals surface area (Å²) in [5.74, 6) is -0.456. The van der Waals surface area contributed by atoms with Gasteiger partial charge in [0.2, 0.25) is 0 Å². The number of rotatable bonds is 4. The molecule has 1 saturated heterocycles. The Kier molecular flexibility index (Phi) is 5.11. The zero-order chi connectivity index (χ0) is 17.8. The minimum absolute atomic E-state index is 0.0417. The number of aromatic amines is 1. The molecule has 25 heavy (non-hydrogen) atoms. The van der Waals surface area contributed by atoms with Crippen LogP contribution in [0, 0.1) is 6.92 Å².